The van der Waals surface area contributed by atoms with Gasteiger partial charge in [0, 0.05) is 55.2 Å². The summed E-state index contributed by atoms with van der Waals surface area (Å²) >= 11 is 0. The number of aryl methyl sites for hydroxylation is 1. The second-order valence-corrected chi connectivity index (χ2v) is 10.8. The highest BCUT2D eigenvalue weighted by Crippen LogP contribution is 2.38. The van der Waals surface area contributed by atoms with Crippen molar-refractivity contribution in [3.05, 3.63) is 88.2 Å². The molecule has 0 bridgehead atoms. The fraction of sp³-hybridized carbons (Fsp3) is 0.281. The fourth-order valence-electron chi connectivity index (χ4n) is 4.84. The van der Waals surface area contributed by atoms with Crippen molar-refractivity contribution in [2.45, 2.75) is 25.8 Å². The second kappa shape index (κ2) is 14.1. The molecule has 3 heterocycles. The third kappa shape index (κ3) is 7.57. The number of rotatable bonds is 12. The molecule has 1 aliphatic rings. The van der Waals surface area contributed by atoms with Crippen molar-refractivity contribution in [2.75, 3.05) is 31.3 Å². The number of para-hydroxylation sites is 1. The van der Waals surface area contributed by atoms with Crippen molar-refractivity contribution in [3.8, 4) is 16.9 Å². The van der Waals surface area contributed by atoms with Gasteiger partial charge in [-0.25, -0.2) is 8.78 Å². The zero-order valence-corrected chi connectivity index (χ0v) is 25.8. The number of hydrogen-bond acceptors (Lipinski definition) is 9. The molecule has 0 aliphatic heterocycles. The number of hydrogen-bond donors (Lipinski definition) is 3. The number of aromatic nitrogens is 4. The number of methoxy groups -OCH3 is 1. The highest BCUT2D eigenvalue weighted by atomic mass is 19.3. The highest BCUT2D eigenvalue weighted by Gasteiger charge is 2.30. The maximum Gasteiger partial charge on any atom is 0.273 e. The van der Waals surface area contributed by atoms with Crippen LogP contribution in [-0.4, -0.2) is 69.5 Å². The summed E-state index contributed by atoms with van der Waals surface area (Å²) in [6.07, 6.45) is 1.73. The largest absolute Gasteiger partial charge is 0.494 e. The molecule has 5 rings (SSSR count). The number of pyridine rings is 2. The van der Waals surface area contributed by atoms with Gasteiger partial charge in [-0.05, 0) is 31.0 Å². The van der Waals surface area contributed by atoms with Gasteiger partial charge in [0.25, 0.3) is 23.8 Å². The van der Waals surface area contributed by atoms with Crippen LogP contribution in [0, 0.1) is 5.92 Å². The molecule has 0 saturated heterocycles. The Labute approximate surface area is 268 Å². The van der Waals surface area contributed by atoms with Crippen LogP contribution in [-0.2, 0) is 18.4 Å². The van der Waals surface area contributed by atoms with Gasteiger partial charge in [0.1, 0.15) is 11.4 Å². The normalized spacial score (nSPS) is 12.4. The lowest BCUT2D eigenvalue weighted by molar-refractivity contribution is -0.117. The molecular formula is C32H32F2N8O5. The lowest BCUT2D eigenvalue weighted by Crippen LogP contribution is -2.37. The predicted octanol–water partition coefficient (Wildman–Crippen LogP) is 3.61. The Morgan fingerprint density at radius 1 is 1.09 bits per heavy atom. The van der Waals surface area contributed by atoms with Crippen LogP contribution in [0.2, 0.25) is 0 Å². The third-order valence-electron chi connectivity index (χ3n) is 7.43. The van der Waals surface area contributed by atoms with Gasteiger partial charge in [-0.1, -0.05) is 24.3 Å². The van der Waals surface area contributed by atoms with Crippen LogP contribution < -0.4 is 26.2 Å². The SMILES string of the molecule is CNC(=O)c1nnc(NC(=O)C2CC2)cc1Nc1cccc(-c2ccc(C(=O)N(Cc3cccn(C)c3=O)CC(F)F)nc2)c1OC. The molecule has 244 valence electrons. The first kappa shape index (κ1) is 32.7. The Morgan fingerprint density at radius 3 is 2.53 bits per heavy atom. The van der Waals surface area contributed by atoms with Crippen molar-refractivity contribution in [1.29, 1.82) is 0 Å². The summed E-state index contributed by atoms with van der Waals surface area (Å²) in [7, 11) is 4.44. The van der Waals surface area contributed by atoms with Gasteiger partial charge in [0.2, 0.25) is 5.91 Å². The second-order valence-electron chi connectivity index (χ2n) is 10.8. The molecule has 0 atom stereocenters. The van der Waals surface area contributed by atoms with Gasteiger partial charge in [-0.2, -0.15) is 0 Å². The Kier molecular flexibility index (Phi) is 9.83. The monoisotopic (exact) mass is 646 g/mol. The molecule has 3 aromatic heterocycles. The number of amides is 3. The Bertz CT molecular complexity index is 1860. The highest BCUT2D eigenvalue weighted by molar-refractivity contribution is 6.00. The molecule has 15 heteroatoms. The van der Waals surface area contributed by atoms with E-state index in [1.807, 2.05) is 0 Å². The lowest BCUT2D eigenvalue weighted by Gasteiger charge is -2.22. The molecule has 0 unspecified atom stereocenters. The van der Waals surface area contributed by atoms with E-state index in [-0.39, 0.29) is 46.8 Å². The summed E-state index contributed by atoms with van der Waals surface area (Å²) in [5.41, 5.74) is 1.49. The molecule has 1 saturated carbocycles. The molecular weight excluding hydrogens is 614 g/mol. The van der Waals surface area contributed by atoms with Gasteiger partial charge in [-0.15, -0.1) is 10.2 Å². The lowest BCUT2D eigenvalue weighted by atomic mass is 10.0. The van der Waals surface area contributed by atoms with Crippen molar-refractivity contribution in [2.24, 2.45) is 13.0 Å². The molecule has 4 aromatic rings. The Hall–Kier alpha value is -5.73. The molecule has 0 radical (unpaired) electrons. The van der Waals surface area contributed by atoms with Crippen LogP contribution in [0.1, 0.15) is 39.4 Å². The molecule has 3 amide bonds. The third-order valence-corrected chi connectivity index (χ3v) is 7.43. The number of ether oxygens (including phenoxy) is 1. The topological polar surface area (TPSA) is 160 Å². The number of nitrogens with one attached hydrogen (secondary N) is 3. The minimum atomic E-state index is -2.82. The summed E-state index contributed by atoms with van der Waals surface area (Å²) in [6, 6.07) is 12.8. The van der Waals surface area contributed by atoms with Crippen LogP contribution in [0.3, 0.4) is 0 Å². The van der Waals surface area contributed by atoms with Crippen molar-refractivity contribution in [3.63, 3.8) is 0 Å². The van der Waals surface area contributed by atoms with E-state index in [1.165, 1.54) is 56.4 Å². The summed E-state index contributed by atoms with van der Waals surface area (Å²) in [4.78, 5) is 55.8. The van der Waals surface area contributed by atoms with E-state index in [4.69, 9.17) is 4.74 Å². The predicted molar refractivity (Wildman–Crippen MR) is 169 cm³/mol. The van der Waals surface area contributed by atoms with Crippen molar-refractivity contribution in [1.82, 2.24) is 30.0 Å². The first-order valence-electron chi connectivity index (χ1n) is 14.6. The van der Waals surface area contributed by atoms with E-state index in [9.17, 15) is 28.0 Å². The van der Waals surface area contributed by atoms with E-state index in [1.54, 1.807) is 30.3 Å². The molecule has 3 N–H and O–H groups in total. The zero-order chi connectivity index (χ0) is 33.7. The first-order valence-corrected chi connectivity index (χ1v) is 14.6. The van der Waals surface area contributed by atoms with Gasteiger partial charge < -0.3 is 30.2 Å². The summed E-state index contributed by atoms with van der Waals surface area (Å²) < 4.78 is 33.9. The minimum absolute atomic E-state index is 0.0179. The summed E-state index contributed by atoms with van der Waals surface area (Å²) in [5.74, 6) is -0.978. The van der Waals surface area contributed by atoms with E-state index >= 15 is 0 Å². The minimum Gasteiger partial charge on any atom is -0.494 e. The van der Waals surface area contributed by atoms with Gasteiger partial charge in [-0.3, -0.25) is 24.2 Å². The molecule has 1 aliphatic carbocycles. The molecule has 47 heavy (non-hydrogen) atoms. The van der Waals surface area contributed by atoms with E-state index in [0.29, 0.717) is 22.6 Å². The van der Waals surface area contributed by atoms with E-state index < -0.39 is 30.3 Å². The van der Waals surface area contributed by atoms with Crippen LogP contribution in [0.15, 0.2) is 65.7 Å². The zero-order valence-electron chi connectivity index (χ0n) is 25.8. The number of benzene rings is 1. The number of carbonyl (C=O) groups excluding carboxylic acids is 3. The van der Waals surface area contributed by atoms with Crippen LogP contribution >= 0.6 is 0 Å². The number of nitrogens with zero attached hydrogens (tertiary/aromatic N) is 5. The summed E-state index contributed by atoms with van der Waals surface area (Å²) in [6.45, 7) is -1.19. The average Bonchev–Trinajstić information content (AvgIpc) is 3.92. The van der Waals surface area contributed by atoms with Crippen molar-refractivity contribution < 1.29 is 27.9 Å². The van der Waals surface area contributed by atoms with E-state index in [0.717, 1.165) is 17.7 Å². The number of halogens is 2. The van der Waals surface area contributed by atoms with Gasteiger partial charge >= 0.3 is 0 Å². The first-order chi connectivity index (χ1) is 22.6. The molecule has 1 fully saturated rings. The average molecular weight is 647 g/mol. The van der Waals surface area contributed by atoms with Crippen LogP contribution in [0.5, 0.6) is 5.75 Å². The fourth-order valence-corrected chi connectivity index (χ4v) is 4.84. The number of alkyl halides is 2. The molecule has 13 nitrogen and oxygen atoms in total. The van der Waals surface area contributed by atoms with Crippen LogP contribution in [0.4, 0.5) is 26.0 Å². The Balaban J connectivity index is 1.42. The maximum absolute atomic E-state index is 13.4. The quantitative estimate of drug-likeness (QED) is 0.209. The van der Waals surface area contributed by atoms with Crippen molar-refractivity contribution >= 4 is 34.9 Å². The van der Waals surface area contributed by atoms with Gasteiger partial charge in [0.15, 0.2) is 11.5 Å². The molecule has 0 spiro atoms. The maximum atomic E-state index is 13.4. The number of carbonyl (C=O) groups is 3. The standard InChI is InChI=1S/C32H32F2N8O5/c1-35-30(44)27-24(14-26(39-40-27)38-29(43)18-9-10-18)37-22-8-4-7-21(28(22)47-3)19-11-12-23(36-15-19)32(46)42(17-25(33)34)16-20-6-5-13-41(2)31(20)45/h4-8,11-15,18,25H,9-10,16-17H2,1-3H3,(H,35,44)(H2,37,38,39,43). The van der Waals surface area contributed by atoms with Crippen LogP contribution in [0.25, 0.3) is 11.1 Å². The Morgan fingerprint density at radius 2 is 1.87 bits per heavy atom. The van der Waals surface area contributed by atoms with E-state index in [2.05, 4.69) is 31.1 Å². The molecule has 1 aromatic carbocycles. The van der Waals surface area contributed by atoms with Gasteiger partial charge in [0.05, 0.1) is 31.6 Å². The summed E-state index contributed by atoms with van der Waals surface area (Å²) in [5, 5.41) is 16.4. The number of anilines is 3. The smallest absolute Gasteiger partial charge is 0.273 e.